The van der Waals surface area contributed by atoms with Gasteiger partial charge in [-0.25, -0.2) is 5.01 Å². The number of amides is 3. The van der Waals surface area contributed by atoms with Crippen LogP contribution in [-0.4, -0.2) is 27.7 Å². The van der Waals surface area contributed by atoms with E-state index in [-0.39, 0.29) is 52.6 Å². The molecule has 7 heteroatoms. The minimum Gasteiger partial charge on any atom is -0.272 e. The van der Waals surface area contributed by atoms with Crippen molar-refractivity contribution in [1.29, 1.82) is 0 Å². The van der Waals surface area contributed by atoms with E-state index >= 15 is 0 Å². The standard InChI is InChI=1S/C23H18BrClN2O3/c24-16-9-5-13(6-10-16)12-26(21(28)17-3-1-2-4-18(17)25)27-22(29)19-14-7-8-15(11-14)20(19)23(27)30/h1-10,14-15,19-20H,11-12H2/t14-,15-,19-,20-/m0/s1. The molecule has 2 fully saturated rings. The van der Waals surface area contributed by atoms with Gasteiger partial charge >= 0.3 is 0 Å². The van der Waals surface area contributed by atoms with Crippen molar-refractivity contribution >= 4 is 45.3 Å². The Morgan fingerprint density at radius 1 is 1.00 bits per heavy atom. The van der Waals surface area contributed by atoms with Crippen molar-refractivity contribution in [1.82, 2.24) is 10.0 Å². The minimum absolute atomic E-state index is 0.0754. The first-order chi connectivity index (χ1) is 14.5. The second kappa shape index (κ2) is 7.36. The summed E-state index contributed by atoms with van der Waals surface area (Å²) >= 11 is 9.67. The Kier molecular flexibility index (Phi) is 4.79. The Bertz CT molecular complexity index is 1050. The van der Waals surface area contributed by atoms with Crippen molar-refractivity contribution in [2.75, 3.05) is 0 Å². The number of imide groups is 1. The third-order valence-corrected chi connectivity index (χ3v) is 7.13. The van der Waals surface area contributed by atoms with Gasteiger partial charge in [0.2, 0.25) is 0 Å². The zero-order valence-corrected chi connectivity index (χ0v) is 18.2. The Labute approximate surface area is 187 Å². The number of hydrogen-bond donors (Lipinski definition) is 0. The summed E-state index contributed by atoms with van der Waals surface area (Å²) in [5.74, 6) is -1.65. The highest BCUT2D eigenvalue weighted by Gasteiger charge is 2.61. The van der Waals surface area contributed by atoms with Crippen molar-refractivity contribution in [3.8, 4) is 0 Å². The third kappa shape index (κ3) is 3.01. The van der Waals surface area contributed by atoms with E-state index in [9.17, 15) is 14.4 Å². The van der Waals surface area contributed by atoms with Gasteiger partial charge in [0.15, 0.2) is 0 Å². The molecule has 30 heavy (non-hydrogen) atoms. The summed E-state index contributed by atoms with van der Waals surface area (Å²) < 4.78 is 0.903. The molecule has 0 unspecified atom stereocenters. The van der Waals surface area contributed by atoms with Crippen LogP contribution < -0.4 is 0 Å². The lowest BCUT2D eigenvalue weighted by molar-refractivity contribution is -0.156. The number of carbonyl (C=O) groups is 3. The summed E-state index contributed by atoms with van der Waals surface area (Å²) in [6.07, 6.45) is 4.91. The smallest absolute Gasteiger partial charge is 0.272 e. The SMILES string of the molecule is O=C(c1ccccc1Cl)N(Cc1ccc(Br)cc1)N1C(=O)[C@@H]2[C@@H](C1=O)[C@H]1C=C[C@H]2C1. The number of fused-ring (bicyclic) bond motifs is 5. The first-order valence-corrected chi connectivity index (χ1v) is 11.0. The van der Waals surface area contributed by atoms with Crippen LogP contribution in [0.3, 0.4) is 0 Å². The van der Waals surface area contributed by atoms with Gasteiger partial charge in [-0.15, -0.1) is 0 Å². The number of carbonyl (C=O) groups excluding carboxylic acids is 3. The molecular formula is C23H18BrClN2O3. The summed E-state index contributed by atoms with van der Waals surface area (Å²) in [5, 5.41) is 2.62. The Balaban J connectivity index is 1.53. The van der Waals surface area contributed by atoms with Crippen molar-refractivity contribution < 1.29 is 14.4 Å². The van der Waals surface area contributed by atoms with Crippen LogP contribution in [0.25, 0.3) is 0 Å². The number of hydrazine groups is 1. The van der Waals surface area contributed by atoms with Crippen LogP contribution in [0.2, 0.25) is 5.02 Å². The molecule has 152 valence electrons. The first-order valence-electron chi connectivity index (χ1n) is 9.82. The number of hydrogen-bond acceptors (Lipinski definition) is 3. The summed E-state index contributed by atoms with van der Waals surface area (Å²) in [4.78, 5) is 40.1. The van der Waals surface area contributed by atoms with E-state index in [0.29, 0.717) is 0 Å². The molecule has 1 saturated carbocycles. The monoisotopic (exact) mass is 484 g/mol. The predicted molar refractivity (Wildman–Crippen MR) is 115 cm³/mol. The lowest BCUT2D eigenvalue weighted by atomic mass is 9.85. The molecule has 4 atom stereocenters. The number of nitrogens with zero attached hydrogens (tertiary/aromatic N) is 2. The molecule has 0 spiro atoms. The molecular weight excluding hydrogens is 468 g/mol. The zero-order chi connectivity index (χ0) is 21.0. The van der Waals surface area contributed by atoms with E-state index in [1.165, 1.54) is 5.01 Å². The van der Waals surface area contributed by atoms with Gasteiger partial charge in [0, 0.05) is 4.47 Å². The van der Waals surface area contributed by atoms with Crippen molar-refractivity contribution in [3.63, 3.8) is 0 Å². The molecule has 3 amide bonds. The Hall–Kier alpha value is -2.44. The zero-order valence-electron chi connectivity index (χ0n) is 15.9. The molecule has 3 aliphatic rings. The molecule has 2 aromatic rings. The first kappa shape index (κ1) is 19.5. The average Bonchev–Trinajstić information content (AvgIpc) is 3.42. The van der Waals surface area contributed by atoms with E-state index in [0.717, 1.165) is 21.5 Å². The fourth-order valence-electron chi connectivity index (χ4n) is 4.89. The predicted octanol–water partition coefficient (Wildman–Crippen LogP) is 4.47. The van der Waals surface area contributed by atoms with Crippen LogP contribution in [0.15, 0.2) is 65.2 Å². The highest BCUT2D eigenvalue weighted by molar-refractivity contribution is 9.10. The summed E-state index contributed by atoms with van der Waals surface area (Å²) in [6, 6.07) is 14.1. The third-order valence-electron chi connectivity index (χ3n) is 6.27. The van der Waals surface area contributed by atoms with E-state index < -0.39 is 5.91 Å². The minimum atomic E-state index is -0.467. The lowest BCUT2D eigenvalue weighted by Gasteiger charge is -2.31. The van der Waals surface area contributed by atoms with Gasteiger partial charge in [0.25, 0.3) is 17.7 Å². The molecule has 5 rings (SSSR count). The van der Waals surface area contributed by atoms with E-state index in [2.05, 4.69) is 15.9 Å². The molecule has 0 N–H and O–H groups in total. The molecule has 5 nitrogen and oxygen atoms in total. The highest BCUT2D eigenvalue weighted by Crippen LogP contribution is 2.53. The van der Waals surface area contributed by atoms with Gasteiger partial charge < -0.3 is 0 Å². The van der Waals surface area contributed by atoms with E-state index in [1.54, 1.807) is 24.3 Å². The van der Waals surface area contributed by atoms with Crippen LogP contribution in [0.4, 0.5) is 0 Å². The van der Waals surface area contributed by atoms with Gasteiger partial charge in [0.1, 0.15) is 0 Å². The fourth-order valence-corrected chi connectivity index (χ4v) is 5.38. The largest absolute Gasteiger partial charge is 0.274 e. The van der Waals surface area contributed by atoms with Crippen LogP contribution in [0.1, 0.15) is 22.3 Å². The van der Waals surface area contributed by atoms with Gasteiger partial charge in [-0.3, -0.25) is 14.4 Å². The van der Waals surface area contributed by atoms with Crippen LogP contribution in [0.5, 0.6) is 0 Å². The van der Waals surface area contributed by atoms with Crippen LogP contribution >= 0.6 is 27.5 Å². The normalized spacial score (nSPS) is 26.4. The molecule has 0 radical (unpaired) electrons. The summed E-state index contributed by atoms with van der Waals surface area (Å²) in [6.45, 7) is 0.0943. The maximum Gasteiger partial charge on any atom is 0.274 e. The van der Waals surface area contributed by atoms with Crippen molar-refractivity contribution in [2.45, 2.75) is 13.0 Å². The average molecular weight is 486 g/mol. The highest BCUT2D eigenvalue weighted by atomic mass is 79.9. The van der Waals surface area contributed by atoms with E-state index in [1.807, 2.05) is 36.4 Å². The number of benzene rings is 2. The lowest BCUT2D eigenvalue weighted by Crippen LogP contribution is -2.50. The van der Waals surface area contributed by atoms with Crippen LogP contribution in [-0.2, 0) is 16.1 Å². The topological polar surface area (TPSA) is 57.7 Å². The van der Waals surface area contributed by atoms with Gasteiger partial charge in [0.05, 0.1) is 29.0 Å². The van der Waals surface area contributed by atoms with Gasteiger partial charge in [-0.05, 0) is 48.1 Å². The van der Waals surface area contributed by atoms with Gasteiger partial charge in [-0.1, -0.05) is 63.9 Å². The van der Waals surface area contributed by atoms with Gasteiger partial charge in [-0.2, -0.15) is 5.01 Å². The maximum absolute atomic E-state index is 13.5. The molecule has 2 aliphatic carbocycles. The fraction of sp³-hybridized carbons (Fsp3) is 0.261. The van der Waals surface area contributed by atoms with Crippen LogP contribution in [0, 0.1) is 23.7 Å². The second-order valence-corrected chi connectivity index (χ2v) is 9.28. The van der Waals surface area contributed by atoms with Crippen molar-refractivity contribution in [2.24, 2.45) is 23.7 Å². The molecule has 0 aromatic heterocycles. The molecule has 2 bridgehead atoms. The summed E-state index contributed by atoms with van der Waals surface area (Å²) in [5.41, 5.74) is 1.06. The molecule has 2 aromatic carbocycles. The Morgan fingerprint density at radius 2 is 1.60 bits per heavy atom. The number of allylic oxidation sites excluding steroid dienone is 2. The number of halogens is 2. The van der Waals surface area contributed by atoms with Crippen molar-refractivity contribution in [3.05, 3.63) is 81.3 Å². The number of rotatable bonds is 4. The molecule has 1 heterocycles. The maximum atomic E-state index is 13.5. The molecule has 1 saturated heterocycles. The Morgan fingerprint density at radius 3 is 2.20 bits per heavy atom. The second-order valence-electron chi connectivity index (χ2n) is 7.96. The quantitative estimate of drug-likeness (QED) is 0.474. The molecule has 1 aliphatic heterocycles. The summed E-state index contributed by atoms with van der Waals surface area (Å²) in [7, 11) is 0. The van der Waals surface area contributed by atoms with E-state index in [4.69, 9.17) is 11.6 Å².